The van der Waals surface area contributed by atoms with Gasteiger partial charge in [0.25, 0.3) is 5.91 Å². The second-order valence-corrected chi connectivity index (χ2v) is 3.99. The van der Waals surface area contributed by atoms with Crippen molar-refractivity contribution in [1.29, 1.82) is 0 Å². The van der Waals surface area contributed by atoms with Crippen molar-refractivity contribution >= 4 is 23.5 Å². The zero-order chi connectivity index (χ0) is 13.3. The lowest BCUT2D eigenvalue weighted by atomic mass is 10.1. The summed E-state index contributed by atoms with van der Waals surface area (Å²) in [4.78, 5) is 39.8. The Kier molecular flexibility index (Phi) is 2.97. The summed E-state index contributed by atoms with van der Waals surface area (Å²) in [5.74, 6) is -1.09. The number of nitrogens with two attached hydrogens (primary N) is 1. The van der Waals surface area contributed by atoms with Crippen molar-refractivity contribution in [3.63, 3.8) is 0 Å². The summed E-state index contributed by atoms with van der Waals surface area (Å²) in [7, 11) is 0. The van der Waals surface area contributed by atoms with Gasteiger partial charge in [-0.15, -0.1) is 0 Å². The molecule has 1 atom stereocenters. The van der Waals surface area contributed by atoms with E-state index in [0.717, 1.165) is 0 Å². The van der Waals surface area contributed by atoms with Gasteiger partial charge in [-0.05, 0) is 19.1 Å². The number of hydrogen-bond acceptors (Lipinski definition) is 5. The molecule has 1 fully saturated rings. The first kappa shape index (κ1) is 12.0. The van der Waals surface area contributed by atoms with E-state index in [1.807, 2.05) is 0 Å². The Morgan fingerprint density at radius 1 is 1.50 bits per heavy atom. The minimum atomic E-state index is -0.687. The third kappa shape index (κ3) is 2.15. The Morgan fingerprint density at radius 3 is 2.83 bits per heavy atom. The summed E-state index contributed by atoms with van der Waals surface area (Å²) in [5, 5.41) is 2.17. The molecule has 0 aliphatic carbocycles. The number of piperazine rings is 1. The highest BCUT2D eigenvalue weighted by Crippen LogP contribution is 2.11. The molecule has 0 spiro atoms. The number of amides is 3. The standard InChI is InChI=1S/C11H12N4O3/c1-6-10(17)14-9(16)5-15(6)11(18)7-2-3-8(12)13-4-7/h2-4,6H,5H2,1H3,(H2,12,13)(H,14,16,17). The molecule has 0 saturated carbocycles. The van der Waals surface area contributed by atoms with Crippen LogP contribution in [0.4, 0.5) is 5.82 Å². The Hall–Kier alpha value is -2.44. The zero-order valence-corrected chi connectivity index (χ0v) is 9.71. The van der Waals surface area contributed by atoms with E-state index in [0.29, 0.717) is 11.4 Å². The normalized spacial score (nSPS) is 19.6. The van der Waals surface area contributed by atoms with E-state index in [1.54, 1.807) is 6.92 Å². The van der Waals surface area contributed by atoms with Gasteiger partial charge < -0.3 is 10.6 Å². The van der Waals surface area contributed by atoms with Gasteiger partial charge in [-0.3, -0.25) is 19.7 Å². The van der Waals surface area contributed by atoms with E-state index < -0.39 is 23.8 Å². The quantitative estimate of drug-likeness (QED) is 0.630. The molecule has 1 unspecified atom stereocenters. The molecule has 0 bridgehead atoms. The number of nitrogens with one attached hydrogen (secondary N) is 1. The maximum absolute atomic E-state index is 12.1. The van der Waals surface area contributed by atoms with Gasteiger partial charge in [-0.2, -0.15) is 0 Å². The molecule has 2 rings (SSSR count). The second-order valence-electron chi connectivity index (χ2n) is 3.99. The Morgan fingerprint density at radius 2 is 2.22 bits per heavy atom. The summed E-state index contributed by atoms with van der Waals surface area (Å²) in [6.45, 7) is 1.42. The molecule has 18 heavy (non-hydrogen) atoms. The first-order chi connectivity index (χ1) is 8.49. The maximum Gasteiger partial charge on any atom is 0.256 e. The highest BCUT2D eigenvalue weighted by atomic mass is 16.2. The molecular formula is C11H12N4O3. The monoisotopic (exact) mass is 248 g/mol. The van der Waals surface area contributed by atoms with Gasteiger partial charge in [0, 0.05) is 6.20 Å². The predicted octanol–water partition coefficient (Wildman–Crippen LogP) is -0.849. The molecule has 1 aromatic heterocycles. The van der Waals surface area contributed by atoms with Crippen LogP contribution < -0.4 is 11.1 Å². The number of imide groups is 1. The fraction of sp³-hybridized carbons (Fsp3) is 0.273. The number of anilines is 1. The molecule has 1 aromatic rings. The summed E-state index contributed by atoms with van der Waals surface area (Å²) >= 11 is 0. The van der Waals surface area contributed by atoms with Crippen LogP contribution in [0.15, 0.2) is 18.3 Å². The van der Waals surface area contributed by atoms with Crippen molar-refractivity contribution in [2.24, 2.45) is 0 Å². The maximum atomic E-state index is 12.1. The van der Waals surface area contributed by atoms with Gasteiger partial charge >= 0.3 is 0 Å². The lowest BCUT2D eigenvalue weighted by Gasteiger charge is -2.31. The van der Waals surface area contributed by atoms with Crippen molar-refractivity contribution in [3.8, 4) is 0 Å². The van der Waals surface area contributed by atoms with Gasteiger partial charge in [0.05, 0.1) is 5.56 Å². The molecule has 0 radical (unpaired) electrons. The minimum absolute atomic E-state index is 0.143. The van der Waals surface area contributed by atoms with Gasteiger partial charge in [-0.1, -0.05) is 0 Å². The lowest BCUT2D eigenvalue weighted by Crippen LogP contribution is -2.58. The second kappa shape index (κ2) is 4.44. The van der Waals surface area contributed by atoms with Gasteiger partial charge in [0.2, 0.25) is 11.8 Å². The van der Waals surface area contributed by atoms with Crippen molar-refractivity contribution in [3.05, 3.63) is 23.9 Å². The SMILES string of the molecule is CC1C(=O)NC(=O)CN1C(=O)c1ccc(N)nc1. The van der Waals surface area contributed by atoms with Crippen LogP contribution in [0.5, 0.6) is 0 Å². The average molecular weight is 248 g/mol. The van der Waals surface area contributed by atoms with Crippen LogP contribution in [0.1, 0.15) is 17.3 Å². The number of hydrogen-bond donors (Lipinski definition) is 2. The zero-order valence-electron chi connectivity index (χ0n) is 9.71. The molecule has 1 saturated heterocycles. The predicted molar refractivity (Wildman–Crippen MR) is 62.3 cm³/mol. The van der Waals surface area contributed by atoms with E-state index in [9.17, 15) is 14.4 Å². The van der Waals surface area contributed by atoms with Crippen LogP contribution in [0.2, 0.25) is 0 Å². The number of rotatable bonds is 1. The Labute approximate surface area is 103 Å². The molecule has 2 heterocycles. The van der Waals surface area contributed by atoms with Crippen molar-refractivity contribution in [2.45, 2.75) is 13.0 Å². The number of nitrogen functional groups attached to an aromatic ring is 1. The average Bonchev–Trinajstić information content (AvgIpc) is 2.34. The van der Waals surface area contributed by atoms with Gasteiger partial charge in [-0.25, -0.2) is 4.98 Å². The first-order valence-electron chi connectivity index (χ1n) is 5.35. The van der Waals surface area contributed by atoms with Crippen molar-refractivity contribution < 1.29 is 14.4 Å². The minimum Gasteiger partial charge on any atom is -0.384 e. The Balaban J connectivity index is 2.24. The number of aromatic nitrogens is 1. The lowest BCUT2D eigenvalue weighted by molar-refractivity contribution is -0.138. The molecule has 7 nitrogen and oxygen atoms in total. The molecule has 3 N–H and O–H groups in total. The molecule has 1 aliphatic heterocycles. The Bertz CT molecular complexity index is 512. The number of carbonyl (C=O) groups is 3. The number of carbonyl (C=O) groups excluding carboxylic acids is 3. The molecule has 1 aliphatic rings. The molecule has 0 aromatic carbocycles. The van der Waals surface area contributed by atoms with Crippen molar-refractivity contribution in [1.82, 2.24) is 15.2 Å². The van der Waals surface area contributed by atoms with E-state index in [1.165, 1.54) is 23.2 Å². The van der Waals surface area contributed by atoms with Crippen LogP contribution in [0.3, 0.4) is 0 Å². The van der Waals surface area contributed by atoms with Crippen LogP contribution >= 0.6 is 0 Å². The van der Waals surface area contributed by atoms with Gasteiger partial charge in [0.15, 0.2) is 0 Å². The summed E-state index contributed by atoms with van der Waals surface area (Å²) in [5.41, 5.74) is 5.71. The fourth-order valence-corrected chi connectivity index (χ4v) is 1.66. The first-order valence-corrected chi connectivity index (χ1v) is 5.35. The van der Waals surface area contributed by atoms with E-state index >= 15 is 0 Å². The third-order valence-electron chi connectivity index (χ3n) is 2.72. The largest absolute Gasteiger partial charge is 0.384 e. The highest BCUT2D eigenvalue weighted by Gasteiger charge is 2.33. The highest BCUT2D eigenvalue weighted by molar-refractivity contribution is 6.07. The van der Waals surface area contributed by atoms with E-state index in [4.69, 9.17) is 5.73 Å². The van der Waals surface area contributed by atoms with Gasteiger partial charge in [0.1, 0.15) is 18.4 Å². The summed E-state index contributed by atoms with van der Waals surface area (Å²) in [6, 6.07) is 2.31. The van der Waals surface area contributed by atoms with E-state index in [-0.39, 0.29) is 6.54 Å². The molecule has 3 amide bonds. The van der Waals surface area contributed by atoms with Crippen LogP contribution in [0, 0.1) is 0 Å². The van der Waals surface area contributed by atoms with Crippen LogP contribution in [-0.2, 0) is 9.59 Å². The summed E-state index contributed by atoms with van der Waals surface area (Å²) in [6.07, 6.45) is 1.32. The molecule has 94 valence electrons. The molecular weight excluding hydrogens is 236 g/mol. The molecule has 7 heteroatoms. The smallest absolute Gasteiger partial charge is 0.256 e. The number of pyridine rings is 1. The fourth-order valence-electron chi connectivity index (χ4n) is 1.66. The third-order valence-corrected chi connectivity index (χ3v) is 2.72. The van der Waals surface area contributed by atoms with Crippen LogP contribution in [0.25, 0.3) is 0 Å². The van der Waals surface area contributed by atoms with E-state index in [2.05, 4.69) is 10.3 Å². The summed E-state index contributed by atoms with van der Waals surface area (Å²) < 4.78 is 0. The topological polar surface area (TPSA) is 105 Å². The number of nitrogens with zero attached hydrogens (tertiary/aromatic N) is 2. The van der Waals surface area contributed by atoms with Crippen LogP contribution in [-0.4, -0.2) is 40.2 Å². The van der Waals surface area contributed by atoms with Crippen molar-refractivity contribution in [2.75, 3.05) is 12.3 Å².